The largest absolute Gasteiger partial charge is 0.494 e. The van der Waals surface area contributed by atoms with Crippen molar-refractivity contribution in [2.75, 3.05) is 32.9 Å². The lowest BCUT2D eigenvalue weighted by molar-refractivity contribution is 0.0778. The maximum Gasteiger partial charge on any atom is 0.229 e. The van der Waals surface area contributed by atoms with Crippen LogP contribution < -0.4 is 4.74 Å². The summed E-state index contributed by atoms with van der Waals surface area (Å²) in [5, 5.41) is 4.37. The molecular weight excluding hydrogens is 354 g/mol. The molecule has 0 bridgehead atoms. The third-order valence-corrected chi connectivity index (χ3v) is 6.13. The van der Waals surface area contributed by atoms with E-state index in [0.29, 0.717) is 12.5 Å². The topological polar surface area (TPSA) is 60.6 Å². The normalized spacial score (nSPS) is 20.9. The minimum absolute atomic E-state index is 0.00339. The molecule has 0 amide bonds. The molecule has 28 heavy (non-hydrogen) atoms. The minimum atomic E-state index is -0.00339. The average Bonchev–Trinajstić information content (AvgIpc) is 3.22. The van der Waals surface area contributed by atoms with Crippen molar-refractivity contribution in [1.82, 2.24) is 15.0 Å². The van der Waals surface area contributed by atoms with Gasteiger partial charge in [0, 0.05) is 31.1 Å². The summed E-state index contributed by atoms with van der Waals surface area (Å²) in [4.78, 5) is 7.31. The summed E-state index contributed by atoms with van der Waals surface area (Å²) in [5.41, 5.74) is 1.30. The predicted molar refractivity (Wildman–Crippen MR) is 107 cm³/mol. The van der Waals surface area contributed by atoms with E-state index in [2.05, 4.69) is 35.2 Å². The lowest BCUT2D eigenvalue weighted by Gasteiger charge is -2.37. The summed E-state index contributed by atoms with van der Waals surface area (Å²) in [6.45, 7) is 9.61. The van der Waals surface area contributed by atoms with E-state index in [-0.39, 0.29) is 5.41 Å². The van der Waals surface area contributed by atoms with Crippen LogP contribution in [0.4, 0.5) is 0 Å². The first-order chi connectivity index (χ1) is 13.7. The molecule has 0 unspecified atom stereocenters. The second kappa shape index (κ2) is 8.62. The fourth-order valence-electron chi connectivity index (χ4n) is 4.18. The molecule has 6 nitrogen and oxygen atoms in total. The van der Waals surface area contributed by atoms with E-state index >= 15 is 0 Å². The molecule has 1 aromatic carbocycles. The number of hydrogen-bond donors (Lipinski definition) is 0. The van der Waals surface area contributed by atoms with Gasteiger partial charge in [0.2, 0.25) is 5.89 Å². The second-order valence-corrected chi connectivity index (χ2v) is 8.26. The van der Waals surface area contributed by atoms with Crippen molar-refractivity contribution in [2.24, 2.45) is 0 Å². The molecular formula is C22H31N3O3. The van der Waals surface area contributed by atoms with E-state index in [9.17, 15) is 0 Å². The zero-order chi connectivity index (χ0) is 19.4. The molecule has 0 radical (unpaired) electrons. The van der Waals surface area contributed by atoms with Gasteiger partial charge in [-0.3, -0.25) is 4.90 Å². The van der Waals surface area contributed by atoms with Gasteiger partial charge in [0.25, 0.3) is 0 Å². The highest BCUT2D eigenvalue weighted by molar-refractivity contribution is 5.28. The Hall–Kier alpha value is -1.92. The molecule has 6 heteroatoms. The van der Waals surface area contributed by atoms with E-state index in [0.717, 1.165) is 76.0 Å². The molecule has 152 valence electrons. The highest BCUT2D eigenvalue weighted by Crippen LogP contribution is 2.35. The number of likely N-dealkylation sites (tertiary alicyclic amines) is 1. The molecule has 2 fully saturated rings. The Morgan fingerprint density at radius 1 is 1.21 bits per heavy atom. The molecule has 2 aliphatic heterocycles. The van der Waals surface area contributed by atoms with Gasteiger partial charge in [-0.15, -0.1) is 0 Å². The molecule has 4 rings (SSSR count). The van der Waals surface area contributed by atoms with Crippen molar-refractivity contribution < 1.29 is 14.0 Å². The molecule has 0 spiro atoms. The molecule has 0 aliphatic carbocycles. The van der Waals surface area contributed by atoms with Gasteiger partial charge in [-0.1, -0.05) is 24.2 Å². The summed E-state index contributed by atoms with van der Waals surface area (Å²) in [7, 11) is 0. The molecule has 0 atom stereocenters. The number of aromatic nitrogens is 2. The summed E-state index contributed by atoms with van der Waals surface area (Å²) >= 11 is 0. The van der Waals surface area contributed by atoms with Crippen LogP contribution in [-0.2, 0) is 16.7 Å². The first kappa shape index (κ1) is 19.4. The fraction of sp³-hybridized carbons (Fsp3) is 0.636. The lowest BCUT2D eigenvalue weighted by atomic mass is 9.79. The number of hydrogen-bond acceptors (Lipinski definition) is 6. The van der Waals surface area contributed by atoms with E-state index in [1.165, 1.54) is 5.56 Å². The Bertz CT molecular complexity index is 762. The molecule has 2 saturated heterocycles. The fourth-order valence-corrected chi connectivity index (χ4v) is 4.18. The number of benzene rings is 1. The van der Waals surface area contributed by atoms with Gasteiger partial charge in [-0.2, -0.15) is 4.98 Å². The summed E-state index contributed by atoms with van der Waals surface area (Å²) < 4.78 is 16.7. The van der Waals surface area contributed by atoms with E-state index < -0.39 is 0 Å². The highest BCUT2D eigenvalue weighted by atomic mass is 16.5. The summed E-state index contributed by atoms with van der Waals surface area (Å²) in [6.07, 6.45) is 4.05. The first-order valence-corrected chi connectivity index (χ1v) is 10.5. The van der Waals surface area contributed by atoms with Gasteiger partial charge in [0.1, 0.15) is 5.75 Å². The third-order valence-electron chi connectivity index (χ3n) is 6.13. The highest BCUT2D eigenvalue weighted by Gasteiger charge is 2.36. The number of piperidine rings is 1. The lowest BCUT2D eigenvalue weighted by Crippen LogP contribution is -2.41. The van der Waals surface area contributed by atoms with Gasteiger partial charge < -0.3 is 14.0 Å². The number of nitrogens with zero attached hydrogens (tertiary/aromatic N) is 3. The maximum absolute atomic E-state index is 5.64. The third kappa shape index (κ3) is 4.39. The molecule has 0 saturated carbocycles. The Kier molecular flexibility index (Phi) is 5.97. The number of ether oxygens (including phenoxy) is 2. The van der Waals surface area contributed by atoms with Crippen molar-refractivity contribution in [2.45, 2.75) is 57.4 Å². The molecule has 1 aromatic heterocycles. The van der Waals surface area contributed by atoms with Crippen molar-refractivity contribution >= 4 is 0 Å². The van der Waals surface area contributed by atoms with Crippen molar-refractivity contribution in [1.29, 1.82) is 0 Å². The van der Waals surface area contributed by atoms with Crippen molar-refractivity contribution in [3.8, 4) is 5.75 Å². The SMILES string of the molecule is CCOc1cccc(CN2CCC(C)(c3noc(C4CCOCC4)n3)CC2)c1. The molecule has 0 N–H and O–H groups in total. The average molecular weight is 386 g/mol. The standard InChI is InChI=1S/C22H31N3O3/c1-3-27-19-6-4-5-17(15-19)16-25-11-9-22(2,10-12-25)21-23-20(28-24-21)18-7-13-26-14-8-18/h4-6,15,18H,3,7-14,16H2,1-2H3. The van der Waals surface area contributed by atoms with Crippen molar-refractivity contribution in [3.05, 3.63) is 41.5 Å². The molecule has 3 heterocycles. The van der Waals surface area contributed by atoms with Crippen LogP contribution in [0.3, 0.4) is 0 Å². The van der Waals surface area contributed by atoms with Crippen LogP contribution in [0.1, 0.15) is 62.7 Å². The smallest absolute Gasteiger partial charge is 0.229 e. The van der Waals surface area contributed by atoms with Crippen LogP contribution in [0.15, 0.2) is 28.8 Å². The monoisotopic (exact) mass is 385 g/mol. The van der Waals surface area contributed by atoms with Gasteiger partial charge in [0.05, 0.1) is 6.61 Å². The van der Waals surface area contributed by atoms with Gasteiger partial charge in [-0.25, -0.2) is 0 Å². The van der Waals surface area contributed by atoms with Gasteiger partial charge in [0.15, 0.2) is 5.82 Å². The Morgan fingerprint density at radius 3 is 2.75 bits per heavy atom. The zero-order valence-corrected chi connectivity index (χ0v) is 17.0. The van der Waals surface area contributed by atoms with Gasteiger partial charge in [-0.05, 0) is 63.4 Å². The van der Waals surface area contributed by atoms with E-state index in [4.69, 9.17) is 19.0 Å². The second-order valence-electron chi connectivity index (χ2n) is 8.26. The summed E-state index contributed by atoms with van der Waals surface area (Å²) in [5.74, 6) is 2.99. The Labute approximate surface area is 167 Å². The van der Waals surface area contributed by atoms with Crippen LogP contribution in [0.5, 0.6) is 5.75 Å². The van der Waals surface area contributed by atoms with Gasteiger partial charge >= 0.3 is 0 Å². The molecule has 2 aliphatic rings. The minimum Gasteiger partial charge on any atom is -0.494 e. The van der Waals surface area contributed by atoms with Crippen molar-refractivity contribution in [3.63, 3.8) is 0 Å². The number of rotatable bonds is 6. The zero-order valence-electron chi connectivity index (χ0n) is 17.0. The molecule has 2 aromatic rings. The Morgan fingerprint density at radius 2 is 2.00 bits per heavy atom. The van der Waals surface area contributed by atoms with E-state index in [1.54, 1.807) is 0 Å². The Balaban J connectivity index is 1.35. The maximum atomic E-state index is 5.64. The quantitative estimate of drug-likeness (QED) is 0.751. The van der Waals surface area contributed by atoms with Crippen LogP contribution in [0.2, 0.25) is 0 Å². The first-order valence-electron chi connectivity index (χ1n) is 10.5. The summed E-state index contributed by atoms with van der Waals surface area (Å²) in [6, 6.07) is 8.42. The van der Waals surface area contributed by atoms with Crippen LogP contribution in [-0.4, -0.2) is 48.0 Å². The van der Waals surface area contributed by atoms with Crippen LogP contribution >= 0.6 is 0 Å². The van der Waals surface area contributed by atoms with Crippen LogP contribution in [0.25, 0.3) is 0 Å². The van der Waals surface area contributed by atoms with Crippen LogP contribution in [0, 0.1) is 0 Å². The predicted octanol–water partition coefficient (Wildman–Crippen LogP) is 3.92. The van der Waals surface area contributed by atoms with E-state index in [1.807, 2.05) is 13.0 Å².